The van der Waals surface area contributed by atoms with E-state index in [1.54, 1.807) is 12.1 Å². The normalized spacial score (nSPS) is 10.9. The van der Waals surface area contributed by atoms with Gasteiger partial charge in [-0.25, -0.2) is 0 Å². The minimum absolute atomic E-state index is 0.234. The zero-order chi connectivity index (χ0) is 18.8. The summed E-state index contributed by atoms with van der Waals surface area (Å²) >= 11 is 4.62. The van der Waals surface area contributed by atoms with Crippen molar-refractivity contribution >= 4 is 12.6 Å². The molecule has 0 atom stereocenters. The van der Waals surface area contributed by atoms with Crippen LogP contribution in [0.1, 0.15) is 12.5 Å². The molecule has 27 heavy (non-hydrogen) atoms. The lowest BCUT2D eigenvalue weighted by Crippen LogP contribution is -1.88. The number of rotatable bonds is 4. The SMILES string of the molecule is CCc1c(-c2ccc(O)cc2)noc1-c1ccc(S)c(-c2ccccc2)c1. The summed E-state index contributed by atoms with van der Waals surface area (Å²) in [7, 11) is 0. The largest absolute Gasteiger partial charge is 0.508 e. The molecule has 0 unspecified atom stereocenters. The van der Waals surface area contributed by atoms with Crippen LogP contribution < -0.4 is 0 Å². The Morgan fingerprint density at radius 1 is 0.889 bits per heavy atom. The van der Waals surface area contributed by atoms with Crippen LogP contribution >= 0.6 is 12.6 Å². The molecular weight excluding hydrogens is 354 g/mol. The Balaban J connectivity index is 1.82. The van der Waals surface area contributed by atoms with Crippen LogP contribution in [0.4, 0.5) is 0 Å². The molecule has 4 heteroatoms. The molecule has 1 aromatic heterocycles. The highest BCUT2D eigenvalue weighted by Crippen LogP contribution is 2.36. The molecule has 0 aliphatic heterocycles. The van der Waals surface area contributed by atoms with Gasteiger partial charge in [0, 0.05) is 21.6 Å². The van der Waals surface area contributed by atoms with Crippen LogP contribution in [0.25, 0.3) is 33.7 Å². The molecule has 0 spiro atoms. The minimum atomic E-state index is 0.234. The van der Waals surface area contributed by atoms with Gasteiger partial charge in [-0.1, -0.05) is 42.4 Å². The number of nitrogens with zero attached hydrogens (tertiary/aromatic N) is 1. The zero-order valence-corrected chi connectivity index (χ0v) is 15.8. The van der Waals surface area contributed by atoms with Crippen molar-refractivity contribution in [1.29, 1.82) is 0 Å². The lowest BCUT2D eigenvalue weighted by molar-refractivity contribution is 0.434. The van der Waals surface area contributed by atoms with E-state index >= 15 is 0 Å². The van der Waals surface area contributed by atoms with Gasteiger partial charge in [-0.15, -0.1) is 12.6 Å². The molecule has 0 fully saturated rings. The van der Waals surface area contributed by atoms with Crippen molar-refractivity contribution in [1.82, 2.24) is 5.16 Å². The Kier molecular flexibility index (Phi) is 4.73. The maximum Gasteiger partial charge on any atom is 0.170 e. The number of aromatic hydroxyl groups is 1. The first-order chi connectivity index (χ1) is 13.2. The topological polar surface area (TPSA) is 46.3 Å². The van der Waals surface area contributed by atoms with E-state index in [0.717, 1.165) is 50.6 Å². The fraction of sp³-hybridized carbons (Fsp3) is 0.0870. The van der Waals surface area contributed by atoms with Crippen LogP contribution in [0.3, 0.4) is 0 Å². The van der Waals surface area contributed by atoms with E-state index in [4.69, 9.17) is 4.52 Å². The molecule has 1 N–H and O–H groups in total. The monoisotopic (exact) mass is 373 g/mol. The number of hydrogen-bond acceptors (Lipinski definition) is 4. The molecule has 3 nitrogen and oxygen atoms in total. The van der Waals surface area contributed by atoms with Gasteiger partial charge in [-0.05, 0) is 60.0 Å². The van der Waals surface area contributed by atoms with Crippen molar-refractivity contribution in [2.24, 2.45) is 0 Å². The molecule has 4 aromatic rings. The first kappa shape index (κ1) is 17.4. The van der Waals surface area contributed by atoms with Gasteiger partial charge in [0.1, 0.15) is 11.4 Å². The molecule has 0 radical (unpaired) electrons. The summed E-state index contributed by atoms with van der Waals surface area (Å²) in [5, 5.41) is 13.8. The Labute approximate surface area is 163 Å². The second-order valence-corrected chi connectivity index (χ2v) is 6.82. The van der Waals surface area contributed by atoms with Crippen LogP contribution in [-0.2, 0) is 6.42 Å². The number of hydrogen-bond donors (Lipinski definition) is 2. The summed E-state index contributed by atoms with van der Waals surface area (Å²) in [6.45, 7) is 2.09. The quantitative estimate of drug-likeness (QED) is 0.417. The lowest BCUT2D eigenvalue weighted by Gasteiger charge is -2.08. The third kappa shape index (κ3) is 3.36. The average Bonchev–Trinajstić information content (AvgIpc) is 3.13. The standard InChI is InChI=1S/C23H19NO2S/c1-2-19-22(16-8-11-18(25)12-9-16)24-26-23(19)17-10-13-21(27)20(14-17)15-6-4-3-5-7-15/h3-14,25,27H,2H2,1H3. The average molecular weight is 373 g/mol. The van der Waals surface area contributed by atoms with Gasteiger partial charge in [-0.3, -0.25) is 0 Å². The van der Waals surface area contributed by atoms with Crippen molar-refractivity contribution < 1.29 is 9.63 Å². The van der Waals surface area contributed by atoms with E-state index in [9.17, 15) is 5.11 Å². The van der Waals surface area contributed by atoms with Gasteiger partial charge >= 0.3 is 0 Å². The molecule has 4 rings (SSSR count). The van der Waals surface area contributed by atoms with Crippen molar-refractivity contribution in [2.45, 2.75) is 18.2 Å². The Morgan fingerprint density at radius 3 is 2.30 bits per heavy atom. The van der Waals surface area contributed by atoms with Crippen LogP contribution in [0, 0.1) is 0 Å². The summed E-state index contributed by atoms with van der Waals surface area (Å²) in [6, 6.07) is 23.3. The molecule has 3 aromatic carbocycles. The summed E-state index contributed by atoms with van der Waals surface area (Å²) in [6.07, 6.45) is 0.790. The van der Waals surface area contributed by atoms with Gasteiger partial charge in [0.15, 0.2) is 5.76 Å². The van der Waals surface area contributed by atoms with E-state index in [1.807, 2.05) is 42.5 Å². The van der Waals surface area contributed by atoms with Crippen molar-refractivity contribution in [3.63, 3.8) is 0 Å². The van der Waals surface area contributed by atoms with Gasteiger partial charge in [0.05, 0.1) is 0 Å². The maximum absolute atomic E-state index is 9.53. The summed E-state index contributed by atoms with van der Waals surface area (Å²) in [4.78, 5) is 0.918. The highest BCUT2D eigenvalue weighted by atomic mass is 32.1. The van der Waals surface area contributed by atoms with Crippen molar-refractivity contribution in [3.05, 3.63) is 78.4 Å². The smallest absolute Gasteiger partial charge is 0.170 e. The summed E-state index contributed by atoms with van der Waals surface area (Å²) in [5.74, 6) is 1.00. The Morgan fingerprint density at radius 2 is 1.59 bits per heavy atom. The lowest BCUT2D eigenvalue weighted by atomic mass is 9.97. The highest BCUT2D eigenvalue weighted by Gasteiger charge is 2.18. The second-order valence-electron chi connectivity index (χ2n) is 6.34. The summed E-state index contributed by atoms with van der Waals surface area (Å²) < 4.78 is 5.75. The molecule has 0 amide bonds. The highest BCUT2D eigenvalue weighted by molar-refractivity contribution is 7.80. The van der Waals surface area contributed by atoms with Gasteiger partial charge in [-0.2, -0.15) is 0 Å². The number of thiol groups is 1. The maximum atomic E-state index is 9.53. The molecule has 134 valence electrons. The molecule has 0 saturated heterocycles. The molecule has 0 bridgehead atoms. The number of phenolic OH excluding ortho intramolecular Hbond substituents is 1. The van der Waals surface area contributed by atoms with Crippen molar-refractivity contribution in [3.8, 4) is 39.5 Å². The number of benzene rings is 3. The van der Waals surface area contributed by atoms with Gasteiger partial charge in [0.25, 0.3) is 0 Å². The molecule has 1 heterocycles. The van der Waals surface area contributed by atoms with E-state index in [2.05, 4.69) is 42.9 Å². The first-order valence-electron chi connectivity index (χ1n) is 8.84. The molecule has 0 saturated carbocycles. The van der Waals surface area contributed by atoms with Gasteiger partial charge in [0.2, 0.25) is 0 Å². The number of phenols is 1. The molecule has 0 aliphatic carbocycles. The third-order valence-electron chi connectivity index (χ3n) is 4.63. The van der Waals surface area contributed by atoms with E-state index < -0.39 is 0 Å². The third-order valence-corrected chi connectivity index (χ3v) is 5.02. The Hall–Kier alpha value is -2.98. The fourth-order valence-electron chi connectivity index (χ4n) is 3.24. The summed E-state index contributed by atoms with van der Waals surface area (Å²) in [5.41, 5.74) is 5.92. The van der Waals surface area contributed by atoms with Crippen molar-refractivity contribution in [2.75, 3.05) is 0 Å². The van der Waals surface area contributed by atoms with E-state index in [0.29, 0.717) is 0 Å². The molecular formula is C23H19NO2S. The van der Waals surface area contributed by atoms with Crippen LogP contribution in [0.15, 0.2) is 82.2 Å². The Bertz CT molecular complexity index is 1070. The van der Waals surface area contributed by atoms with E-state index in [1.165, 1.54) is 0 Å². The predicted octanol–water partition coefficient (Wildman–Crippen LogP) is 6.23. The first-order valence-corrected chi connectivity index (χ1v) is 9.29. The zero-order valence-electron chi connectivity index (χ0n) is 14.9. The van der Waals surface area contributed by atoms with Crippen LogP contribution in [0.5, 0.6) is 5.75 Å². The predicted molar refractivity (Wildman–Crippen MR) is 111 cm³/mol. The minimum Gasteiger partial charge on any atom is -0.508 e. The van der Waals surface area contributed by atoms with E-state index in [-0.39, 0.29) is 5.75 Å². The number of aromatic nitrogens is 1. The fourth-order valence-corrected chi connectivity index (χ4v) is 3.50. The van der Waals surface area contributed by atoms with Gasteiger partial charge < -0.3 is 9.63 Å². The second kappa shape index (κ2) is 7.33. The van der Waals surface area contributed by atoms with Crippen LogP contribution in [-0.4, -0.2) is 10.3 Å². The van der Waals surface area contributed by atoms with Crippen LogP contribution in [0.2, 0.25) is 0 Å². The molecule has 0 aliphatic rings.